The summed E-state index contributed by atoms with van der Waals surface area (Å²) < 4.78 is 10.5. The van der Waals surface area contributed by atoms with E-state index in [1.165, 1.54) is 7.11 Å². The van der Waals surface area contributed by atoms with Gasteiger partial charge in [0.1, 0.15) is 5.58 Å². The summed E-state index contributed by atoms with van der Waals surface area (Å²) in [5.41, 5.74) is 0.499. The molecule has 0 fully saturated rings. The van der Waals surface area contributed by atoms with Gasteiger partial charge in [0.25, 0.3) is 0 Å². The average Bonchev–Trinajstić information content (AvgIpc) is 2.63. The number of benzene rings is 1. The third-order valence-corrected chi connectivity index (χ3v) is 3.82. The SMILES string of the molecule is COC(=O)C[C@@H](c1ccncc1)c1oc2ccccc2c(=O)c1O. The average molecular weight is 325 g/mol. The second kappa shape index (κ2) is 6.54. The van der Waals surface area contributed by atoms with Crippen LogP contribution in [0.5, 0.6) is 5.75 Å². The Hall–Kier alpha value is -3.15. The Labute approximate surface area is 137 Å². The number of rotatable bonds is 4. The van der Waals surface area contributed by atoms with Gasteiger partial charge in [0.2, 0.25) is 11.2 Å². The fraction of sp³-hybridized carbons (Fsp3) is 0.167. The van der Waals surface area contributed by atoms with E-state index in [4.69, 9.17) is 9.15 Å². The van der Waals surface area contributed by atoms with E-state index in [9.17, 15) is 14.7 Å². The number of carbonyl (C=O) groups is 1. The van der Waals surface area contributed by atoms with Gasteiger partial charge in [-0.25, -0.2) is 0 Å². The summed E-state index contributed by atoms with van der Waals surface area (Å²) in [6.45, 7) is 0. The molecule has 1 aromatic carbocycles. The van der Waals surface area contributed by atoms with Crippen LogP contribution in [0.4, 0.5) is 0 Å². The van der Waals surface area contributed by atoms with Crippen LogP contribution in [0.1, 0.15) is 23.7 Å². The third kappa shape index (κ3) is 2.86. The molecule has 6 heteroatoms. The summed E-state index contributed by atoms with van der Waals surface area (Å²) in [4.78, 5) is 28.1. The normalized spacial score (nSPS) is 12.0. The number of carbonyl (C=O) groups excluding carboxylic acids is 1. The van der Waals surface area contributed by atoms with E-state index in [0.29, 0.717) is 11.1 Å². The van der Waals surface area contributed by atoms with Crippen LogP contribution in [0.25, 0.3) is 11.0 Å². The number of aromatic hydroxyl groups is 1. The third-order valence-electron chi connectivity index (χ3n) is 3.82. The number of pyridine rings is 1. The molecular formula is C18H15NO5. The van der Waals surface area contributed by atoms with Crippen LogP contribution in [0.2, 0.25) is 0 Å². The zero-order chi connectivity index (χ0) is 17.1. The minimum atomic E-state index is -0.655. The van der Waals surface area contributed by atoms with E-state index >= 15 is 0 Å². The minimum Gasteiger partial charge on any atom is -0.502 e. The molecule has 2 aromatic heterocycles. The number of fused-ring (bicyclic) bond motifs is 1. The molecule has 0 aliphatic carbocycles. The van der Waals surface area contributed by atoms with Crippen LogP contribution >= 0.6 is 0 Å². The highest BCUT2D eigenvalue weighted by Gasteiger charge is 2.26. The molecule has 3 rings (SSSR count). The molecule has 0 saturated carbocycles. The zero-order valence-electron chi connectivity index (χ0n) is 12.9. The molecule has 0 radical (unpaired) electrons. The molecule has 2 heterocycles. The van der Waals surface area contributed by atoms with Gasteiger partial charge in [-0.15, -0.1) is 0 Å². The predicted molar refractivity (Wildman–Crippen MR) is 86.9 cm³/mol. The Morgan fingerprint density at radius 3 is 2.67 bits per heavy atom. The van der Waals surface area contributed by atoms with Gasteiger partial charge in [-0.3, -0.25) is 14.6 Å². The first-order valence-corrected chi connectivity index (χ1v) is 7.33. The highest BCUT2D eigenvalue weighted by molar-refractivity contribution is 5.78. The Bertz CT molecular complexity index is 933. The first kappa shape index (κ1) is 15.7. The number of hydrogen-bond donors (Lipinski definition) is 1. The number of aromatic nitrogens is 1. The molecule has 24 heavy (non-hydrogen) atoms. The van der Waals surface area contributed by atoms with Crippen molar-refractivity contribution in [1.29, 1.82) is 0 Å². The fourth-order valence-electron chi connectivity index (χ4n) is 2.59. The van der Waals surface area contributed by atoms with Gasteiger partial charge in [-0.1, -0.05) is 12.1 Å². The summed E-state index contributed by atoms with van der Waals surface area (Å²) in [6.07, 6.45) is 3.06. The lowest BCUT2D eigenvalue weighted by Crippen LogP contribution is -2.13. The van der Waals surface area contributed by atoms with E-state index in [2.05, 4.69) is 4.98 Å². The maximum atomic E-state index is 12.4. The number of esters is 1. The summed E-state index contributed by atoms with van der Waals surface area (Å²) >= 11 is 0. The second-order valence-electron chi connectivity index (χ2n) is 5.25. The van der Waals surface area contributed by atoms with E-state index in [-0.39, 0.29) is 17.6 Å². The van der Waals surface area contributed by atoms with Crippen LogP contribution < -0.4 is 5.43 Å². The molecular weight excluding hydrogens is 310 g/mol. The van der Waals surface area contributed by atoms with Crippen LogP contribution in [-0.4, -0.2) is 23.2 Å². The molecule has 122 valence electrons. The number of nitrogens with zero attached hydrogens (tertiary/aromatic N) is 1. The van der Waals surface area contributed by atoms with Gasteiger partial charge in [0.15, 0.2) is 5.76 Å². The Morgan fingerprint density at radius 2 is 1.96 bits per heavy atom. The van der Waals surface area contributed by atoms with Gasteiger partial charge >= 0.3 is 5.97 Å². The van der Waals surface area contributed by atoms with Crippen molar-refractivity contribution in [3.05, 3.63) is 70.3 Å². The van der Waals surface area contributed by atoms with Crippen molar-refractivity contribution in [2.75, 3.05) is 7.11 Å². The monoisotopic (exact) mass is 325 g/mol. The highest BCUT2D eigenvalue weighted by atomic mass is 16.5. The topological polar surface area (TPSA) is 89.6 Å². The molecule has 0 bridgehead atoms. The van der Waals surface area contributed by atoms with Crippen molar-refractivity contribution in [3.63, 3.8) is 0 Å². The van der Waals surface area contributed by atoms with E-state index in [0.717, 1.165) is 0 Å². The van der Waals surface area contributed by atoms with Crippen LogP contribution in [0.3, 0.4) is 0 Å². The molecule has 0 spiro atoms. The van der Waals surface area contributed by atoms with Crippen molar-refractivity contribution in [2.24, 2.45) is 0 Å². The molecule has 3 aromatic rings. The van der Waals surface area contributed by atoms with E-state index in [1.807, 2.05) is 0 Å². The first-order valence-electron chi connectivity index (χ1n) is 7.33. The van der Waals surface area contributed by atoms with E-state index in [1.54, 1.807) is 48.8 Å². The van der Waals surface area contributed by atoms with Gasteiger partial charge in [0.05, 0.1) is 24.8 Å². The van der Waals surface area contributed by atoms with Crippen molar-refractivity contribution >= 4 is 16.9 Å². The van der Waals surface area contributed by atoms with Crippen molar-refractivity contribution < 1.29 is 19.1 Å². The maximum Gasteiger partial charge on any atom is 0.306 e. The largest absolute Gasteiger partial charge is 0.502 e. The minimum absolute atomic E-state index is 0.0373. The lowest BCUT2D eigenvalue weighted by molar-refractivity contribution is -0.140. The molecule has 0 aliphatic rings. The van der Waals surface area contributed by atoms with Crippen LogP contribution in [-0.2, 0) is 9.53 Å². The molecule has 6 nitrogen and oxygen atoms in total. The van der Waals surface area contributed by atoms with E-state index < -0.39 is 23.1 Å². The predicted octanol–water partition coefficient (Wildman–Crippen LogP) is 2.59. The summed E-state index contributed by atoms with van der Waals surface area (Å²) in [5.74, 6) is -1.60. The Morgan fingerprint density at radius 1 is 1.25 bits per heavy atom. The van der Waals surface area contributed by atoms with Gasteiger partial charge in [-0.2, -0.15) is 0 Å². The second-order valence-corrected chi connectivity index (χ2v) is 5.25. The summed E-state index contributed by atoms with van der Waals surface area (Å²) in [5, 5.41) is 10.6. The number of hydrogen-bond acceptors (Lipinski definition) is 6. The molecule has 1 atom stereocenters. The number of methoxy groups -OCH3 is 1. The first-order chi connectivity index (χ1) is 11.6. The number of para-hydroxylation sites is 1. The lowest BCUT2D eigenvalue weighted by Gasteiger charge is -2.16. The quantitative estimate of drug-likeness (QED) is 0.742. The van der Waals surface area contributed by atoms with Crippen molar-refractivity contribution in [1.82, 2.24) is 4.98 Å². The van der Waals surface area contributed by atoms with Crippen molar-refractivity contribution in [3.8, 4) is 5.75 Å². The van der Waals surface area contributed by atoms with Crippen LogP contribution in [0.15, 0.2) is 58.0 Å². The Kier molecular flexibility index (Phi) is 4.29. The Balaban J connectivity index is 2.21. The molecule has 0 amide bonds. The van der Waals surface area contributed by atoms with Gasteiger partial charge in [-0.05, 0) is 29.8 Å². The zero-order valence-corrected chi connectivity index (χ0v) is 12.9. The maximum absolute atomic E-state index is 12.4. The molecule has 0 aliphatic heterocycles. The standard InChI is InChI=1S/C18H15NO5/c1-23-15(20)10-13(11-6-8-19-9-7-11)18-17(22)16(21)12-4-2-3-5-14(12)24-18/h2-9,13,22H,10H2,1H3/t13-/m0/s1. The fourth-order valence-corrected chi connectivity index (χ4v) is 2.59. The lowest BCUT2D eigenvalue weighted by atomic mass is 9.93. The summed E-state index contributed by atoms with van der Waals surface area (Å²) in [7, 11) is 1.28. The van der Waals surface area contributed by atoms with Crippen LogP contribution in [0, 0.1) is 0 Å². The highest BCUT2D eigenvalue weighted by Crippen LogP contribution is 2.34. The molecule has 0 unspecified atom stereocenters. The molecule has 1 N–H and O–H groups in total. The number of ether oxygens (including phenoxy) is 1. The summed E-state index contributed by atoms with van der Waals surface area (Å²) in [6, 6.07) is 10.0. The van der Waals surface area contributed by atoms with Gasteiger partial charge in [0, 0.05) is 12.4 Å². The smallest absolute Gasteiger partial charge is 0.306 e. The van der Waals surface area contributed by atoms with Crippen molar-refractivity contribution in [2.45, 2.75) is 12.3 Å². The van der Waals surface area contributed by atoms with Gasteiger partial charge < -0.3 is 14.3 Å². The molecule has 0 saturated heterocycles.